The monoisotopic (exact) mass is 362 g/mol. The lowest BCUT2D eigenvalue weighted by Crippen LogP contribution is -2.28. The average Bonchev–Trinajstić information content (AvgIpc) is 3.24. The van der Waals surface area contributed by atoms with E-state index in [1.54, 1.807) is 6.92 Å². The predicted octanol–water partition coefficient (Wildman–Crippen LogP) is 1.35. The van der Waals surface area contributed by atoms with Crippen LogP contribution in [0, 0.1) is 0 Å². The number of aliphatic imine (C=N–C) groups is 1. The summed E-state index contributed by atoms with van der Waals surface area (Å²) in [5, 5.41) is 19.7. The van der Waals surface area contributed by atoms with Gasteiger partial charge in [0.25, 0.3) is 0 Å². The third-order valence-corrected chi connectivity index (χ3v) is 6.20. The van der Waals surface area contributed by atoms with E-state index in [0.717, 1.165) is 12.0 Å². The number of carbonyl (C=O) groups is 1. The van der Waals surface area contributed by atoms with Crippen LogP contribution in [0.15, 0.2) is 22.0 Å². The Morgan fingerprint density at radius 1 is 1.44 bits per heavy atom. The molecule has 1 aliphatic carbocycles. The van der Waals surface area contributed by atoms with Gasteiger partial charge in [-0.15, -0.1) is 11.8 Å². The van der Waals surface area contributed by atoms with Crippen LogP contribution in [-0.2, 0) is 4.74 Å². The molecule has 3 aliphatic rings. The summed E-state index contributed by atoms with van der Waals surface area (Å²) in [6.07, 6.45) is 0.836. The van der Waals surface area contributed by atoms with Crippen molar-refractivity contribution >= 4 is 30.7 Å². The van der Waals surface area contributed by atoms with Gasteiger partial charge in [-0.05, 0) is 30.9 Å². The van der Waals surface area contributed by atoms with Crippen LogP contribution in [0.1, 0.15) is 35.2 Å². The molecule has 1 aromatic rings. The number of carboxylic acids is 1. The zero-order valence-electron chi connectivity index (χ0n) is 13.7. The summed E-state index contributed by atoms with van der Waals surface area (Å²) >= 11 is 1.42. The summed E-state index contributed by atoms with van der Waals surface area (Å²) in [5.74, 6) is 0.0126. The Labute approximate surface area is 149 Å². The first-order valence-electron chi connectivity index (χ1n) is 8.25. The second-order valence-electron chi connectivity index (χ2n) is 6.71. The molecule has 0 radical (unpaired) electrons. The molecule has 7 nitrogen and oxygen atoms in total. The first kappa shape index (κ1) is 16.7. The van der Waals surface area contributed by atoms with Gasteiger partial charge in [-0.3, -0.25) is 4.99 Å². The first-order chi connectivity index (χ1) is 12.0. The molecule has 1 saturated carbocycles. The van der Waals surface area contributed by atoms with Gasteiger partial charge in [-0.2, -0.15) is 0 Å². The van der Waals surface area contributed by atoms with Crippen molar-refractivity contribution in [3.05, 3.63) is 23.3 Å². The van der Waals surface area contributed by atoms with Crippen LogP contribution in [0.5, 0.6) is 5.75 Å². The Morgan fingerprint density at radius 3 is 2.96 bits per heavy atom. The van der Waals surface area contributed by atoms with E-state index < -0.39 is 13.1 Å². The maximum Gasteiger partial charge on any atom is 0.526 e. The summed E-state index contributed by atoms with van der Waals surface area (Å²) < 4.78 is 11.1. The van der Waals surface area contributed by atoms with Gasteiger partial charge in [0.1, 0.15) is 11.3 Å². The summed E-state index contributed by atoms with van der Waals surface area (Å²) in [6, 6.07) is 3.65. The number of amidine groups is 1. The first-order valence-corrected chi connectivity index (χ1v) is 9.13. The van der Waals surface area contributed by atoms with Crippen LogP contribution in [0.25, 0.3) is 0 Å². The molecule has 25 heavy (non-hydrogen) atoms. The number of aromatic carboxylic acids is 1. The molecule has 2 heterocycles. The Balaban J connectivity index is 1.67. The van der Waals surface area contributed by atoms with Gasteiger partial charge in [0.15, 0.2) is 0 Å². The maximum atomic E-state index is 11.9. The van der Waals surface area contributed by atoms with E-state index in [-0.39, 0.29) is 28.6 Å². The van der Waals surface area contributed by atoms with E-state index in [1.807, 2.05) is 12.1 Å². The molecular formula is C16H19BN2O5S. The lowest BCUT2D eigenvalue weighted by molar-refractivity contribution is 0.0690. The van der Waals surface area contributed by atoms with Crippen LogP contribution in [0.4, 0.5) is 0 Å². The summed E-state index contributed by atoms with van der Waals surface area (Å²) in [6.45, 7) is 2.68. The number of fused-ring (bicyclic) bond motifs is 3. The highest BCUT2D eigenvalue weighted by atomic mass is 32.2. The second kappa shape index (κ2) is 6.23. The van der Waals surface area contributed by atoms with Crippen molar-refractivity contribution in [2.75, 3.05) is 13.2 Å². The van der Waals surface area contributed by atoms with Gasteiger partial charge in [-0.1, -0.05) is 6.07 Å². The molecule has 2 aliphatic heterocycles. The van der Waals surface area contributed by atoms with Gasteiger partial charge in [0.05, 0.1) is 30.3 Å². The molecule has 0 bridgehead atoms. The number of nitrogens with two attached hydrogens (primary N) is 1. The van der Waals surface area contributed by atoms with Crippen LogP contribution < -0.4 is 10.4 Å². The van der Waals surface area contributed by atoms with E-state index >= 15 is 0 Å². The molecule has 0 aromatic heterocycles. The van der Waals surface area contributed by atoms with Crippen molar-refractivity contribution in [1.82, 2.24) is 0 Å². The fraction of sp³-hybridized carbons (Fsp3) is 0.500. The summed E-state index contributed by atoms with van der Waals surface area (Å²) in [5.41, 5.74) is 6.67. The Bertz CT molecular complexity index is 754. The number of benzene rings is 1. The minimum Gasteiger partial charge on any atom is -0.535 e. The quantitative estimate of drug-likeness (QED) is 0.421. The minimum atomic E-state index is -1.06. The lowest BCUT2D eigenvalue weighted by Gasteiger charge is -2.23. The highest BCUT2D eigenvalue weighted by molar-refractivity contribution is 8.00. The fourth-order valence-electron chi connectivity index (χ4n) is 3.58. The molecule has 2 fully saturated rings. The van der Waals surface area contributed by atoms with E-state index in [4.69, 9.17) is 15.1 Å². The molecule has 9 heteroatoms. The predicted molar refractivity (Wildman–Crippen MR) is 94.7 cm³/mol. The van der Waals surface area contributed by atoms with E-state index in [1.165, 1.54) is 11.8 Å². The SMILES string of the molecule is CC(N)=NC1COCC1Sc1ccc2c(c1C(=O)O)OB(O)C1CC21. The topological polar surface area (TPSA) is 114 Å². The van der Waals surface area contributed by atoms with Gasteiger partial charge in [0.2, 0.25) is 0 Å². The van der Waals surface area contributed by atoms with Crippen molar-refractivity contribution in [1.29, 1.82) is 0 Å². The molecule has 4 rings (SSSR count). The molecule has 0 spiro atoms. The van der Waals surface area contributed by atoms with Gasteiger partial charge in [0, 0.05) is 10.7 Å². The smallest absolute Gasteiger partial charge is 0.526 e. The van der Waals surface area contributed by atoms with Gasteiger partial charge >= 0.3 is 13.1 Å². The molecule has 4 unspecified atom stereocenters. The van der Waals surface area contributed by atoms with Crippen LogP contribution in [0.2, 0.25) is 5.82 Å². The largest absolute Gasteiger partial charge is 0.535 e. The van der Waals surface area contributed by atoms with Crippen LogP contribution in [-0.4, -0.2) is 53.6 Å². The second-order valence-corrected chi connectivity index (χ2v) is 7.99. The van der Waals surface area contributed by atoms with Gasteiger partial charge < -0.3 is 25.3 Å². The van der Waals surface area contributed by atoms with E-state index in [9.17, 15) is 14.9 Å². The van der Waals surface area contributed by atoms with E-state index in [0.29, 0.717) is 29.7 Å². The normalized spacial score (nSPS) is 30.5. The summed E-state index contributed by atoms with van der Waals surface area (Å²) in [7, 11) is -0.928. The maximum absolute atomic E-state index is 11.9. The van der Waals surface area contributed by atoms with Crippen molar-refractivity contribution in [2.24, 2.45) is 10.7 Å². The Hall–Kier alpha value is -1.71. The lowest BCUT2D eigenvalue weighted by atomic mass is 9.77. The number of hydrogen-bond donors (Lipinski definition) is 3. The van der Waals surface area contributed by atoms with Crippen LogP contribution in [0.3, 0.4) is 0 Å². The highest BCUT2D eigenvalue weighted by Gasteiger charge is 2.54. The number of rotatable bonds is 4. The molecule has 4 N–H and O–H groups in total. The Kier molecular flexibility index (Phi) is 4.17. The molecule has 0 amide bonds. The summed E-state index contributed by atoms with van der Waals surface area (Å²) in [4.78, 5) is 16.9. The molecule has 1 saturated heterocycles. The van der Waals surface area contributed by atoms with Crippen molar-refractivity contribution < 1.29 is 24.3 Å². The number of carboxylic acid groups (broad SMARTS) is 1. The Morgan fingerprint density at radius 2 is 2.24 bits per heavy atom. The molecule has 1 aromatic carbocycles. The van der Waals surface area contributed by atoms with Crippen molar-refractivity contribution in [3.63, 3.8) is 0 Å². The minimum absolute atomic E-state index is 0.0168. The zero-order chi connectivity index (χ0) is 17.7. The third kappa shape index (κ3) is 3.00. The molecule has 132 valence electrons. The third-order valence-electron chi connectivity index (χ3n) is 4.86. The number of hydrogen-bond acceptors (Lipinski definition) is 6. The van der Waals surface area contributed by atoms with Crippen molar-refractivity contribution in [2.45, 2.75) is 41.3 Å². The average molecular weight is 362 g/mol. The van der Waals surface area contributed by atoms with Crippen LogP contribution >= 0.6 is 11.8 Å². The van der Waals surface area contributed by atoms with Gasteiger partial charge in [-0.25, -0.2) is 4.79 Å². The number of ether oxygens (including phenoxy) is 1. The molecular weight excluding hydrogens is 343 g/mol. The standard InChI is InChI=1S/C16H19BN2O5S/c1-7(18)19-11-5-23-6-13(11)25-12-3-2-8-9-4-10(9)17(22)24-15(8)14(12)16(20)21/h2-3,9-11,13,22H,4-6H2,1H3,(H2,18,19)(H,20,21). The molecule has 4 atom stereocenters. The highest BCUT2D eigenvalue weighted by Crippen LogP contribution is 2.60. The number of nitrogens with zero attached hydrogens (tertiary/aromatic N) is 1. The number of thioether (sulfide) groups is 1. The fourth-order valence-corrected chi connectivity index (χ4v) is 4.81. The zero-order valence-corrected chi connectivity index (χ0v) is 14.5. The van der Waals surface area contributed by atoms with E-state index in [2.05, 4.69) is 4.99 Å². The van der Waals surface area contributed by atoms with Crippen molar-refractivity contribution in [3.8, 4) is 5.75 Å².